The Morgan fingerprint density at radius 1 is 1.21 bits per heavy atom. The maximum absolute atomic E-state index is 5.80. The molecule has 72 valence electrons. The number of rotatable bonds is 0. The largest absolute Gasteiger partial charge is 0.223 e. The first-order chi connectivity index (χ1) is 6.58. The van der Waals surface area contributed by atoms with Crippen LogP contribution in [0, 0.1) is 13.8 Å². The van der Waals surface area contributed by atoms with Gasteiger partial charge in [0.2, 0.25) is 5.28 Å². The number of aromatic nitrogens is 2. The number of hydrogen-bond donors (Lipinski definition) is 0. The van der Waals surface area contributed by atoms with Crippen molar-refractivity contribution >= 4 is 38.4 Å². The summed E-state index contributed by atoms with van der Waals surface area (Å²) in [5, 5.41) is 1.35. The van der Waals surface area contributed by atoms with Gasteiger partial charge in [0.1, 0.15) is 0 Å². The number of aryl methyl sites for hydroxylation is 2. The summed E-state index contributed by atoms with van der Waals surface area (Å²) in [7, 11) is 0. The normalized spacial score (nSPS) is 10.9. The van der Waals surface area contributed by atoms with Gasteiger partial charge in [-0.2, -0.15) is 0 Å². The molecule has 2 nitrogen and oxygen atoms in total. The molecule has 0 radical (unpaired) electrons. The minimum absolute atomic E-state index is 0.306. The van der Waals surface area contributed by atoms with E-state index in [1.807, 2.05) is 26.0 Å². The molecule has 1 heterocycles. The maximum Gasteiger partial charge on any atom is 0.223 e. The van der Waals surface area contributed by atoms with Crippen molar-refractivity contribution in [2.24, 2.45) is 0 Å². The summed E-state index contributed by atoms with van der Waals surface area (Å²) >= 11 is 9.25. The van der Waals surface area contributed by atoms with Crippen LogP contribution in [0.2, 0.25) is 5.28 Å². The van der Waals surface area contributed by atoms with Crippen LogP contribution >= 0.6 is 27.5 Å². The lowest BCUT2D eigenvalue weighted by atomic mass is 10.1. The van der Waals surface area contributed by atoms with Crippen molar-refractivity contribution in [3.05, 3.63) is 33.1 Å². The van der Waals surface area contributed by atoms with Crippen molar-refractivity contribution in [3.63, 3.8) is 0 Å². The highest BCUT2D eigenvalue weighted by Gasteiger charge is 2.06. The third kappa shape index (κ3) is 1.62. The van der Waals surface area contributed by atoms with Gasteiger partial charge < -0.3 is 0 Å². The Bertz CT molecular complexity index is 464. The minimum Gasteiger partial charge on any atom is -0.223 e. The van der Waals surface area contributed by atoms with E-state index in [-0.39, 0.29) is 0 Å². The van der Waals surface area contributed by atoms with E-state index in [0.29, 0.717) is 5.28 Å². The lowest BCUT2D eigenvalue weighted by molar-refractivity contribution is 1.14. The molecular weight excluding hydrogens is 263 g/mol. The molecule has 0 bridgehead atoms. The summed E-state index contributed by atoms with van der Waals surface area (Å²) in [6.45, 7) is 3.94. The van der Waals surface area contributed by atoms with Gasteiger partial charge >= 0.3 is 0 Å². The SMILES string of the molecule is Cc1nc(Cl)nc2c(C)cc(Br)cc12. The Kier molecular flexibility index (Phi) is 2.45. The van der Waals surface area contributed by atoms with E-state index in [2.05, 4.69) is 25.9 Å². The molecule has 14 heavy (non-hydrogen) atoms. The third-order valence-electron chi connectivity index (χ3n) is 2.12. The maximum atomic E-state index is 5.80. The number of benzene rings is 1. The average molecular weight is 272 g/mol. The average Bonchev–Trinajstić information content (AvgIpc) is 2.07. The van der Waals surface area contributed by atoms with Crippen LogP contribution in [0.15, 0.2) is 16.6 Å². The molecule has 0 N–H and O–H groups in total. The van der Waals surface area contributed by atoms with Gasteiger partial charge in [0, 0.05) is 9.86 Å². The molecule has 0 spiro atoms. The molecule has 2 rings (SSSR count). The van der Waals surface area contributed by atoms with Crippen LogP contribution in [0.1, 0.15) is 11.3 Å². The molecule has 2 aromatic rings. The summed E-state index contributed by atoms with van der Waals surface area (Å²) in [5.41, 5.74) is 2.93. The second kappa shape index (κ2) is 3.48. The molecule has 0 aliphatic carbocycles. The smallest absolute Gasteiger partial charge is 0.223 e. The standard InChI is InChI=1S/C10H8BrClN2/c1-5-3-7(11)4-8-6(2)13-10(12)14-9(5)8/h3-4H,1-2H3. The van der Waals surface area contributed by atoms with Gasteiger partial charge in [-0.25, -0.2) is 9.97 Å². The summed E-state index contributed by atoms with van der Waals surface area (Å²) in [6.07, 6.45) is 0. The quantitative estimate of drug-likeness (QED) is 0.683. The molecule has 0 saturated heterocycles. The lowest BCUT2D eigenvalue weighted by Gasteiger charge is -2.05. The molecular formula is C10H8BrClN2. The van der Waals surface area contributed by atoms with Gasteiger partial charge in [-0.3, -0.25) is 0 Å². The Morgan fingerprint density at radius 2 is 1.93 bits per heavy atom. The highest BCUT2D eigenvalue weighted by molar-refractivity contribution is 9.10. The zero-order valence-electron chi connectivity index (χ0n) is 7.81. The van der Waals surface area contributed by atoms with Crippen LogP contribution in [0.25, 0.3) is 10.9 Å². The van der Waals surface area contributed by atoms with Gasteiger partial charge in [-0.05, 0) is 43.1 Å². The molecule has 0 aliphatic rings. The summed E-state index contributed by atoms with van der Waals surface area (Å²) in [4.78, 5) is 8.33. The Labute approximate surface area is 95.5 Å². The molecule has 0 fully saturated rings. The van der Waals surface area contributed by atoms with Crippen molar-refractivity contribution in [1.29, 1.82) is 0 Å². The number of nitrogens with zero attached hydrogens (tertiary/aromatic N) is 2. The van der Waals surface area contributed by atoms with Crippen molar-refractivity contribution in [1.82, 2.24) is 9.97 Å². The zero-order chi connectivity index (χ0) is 10.3. The van der Waals surface area contributed by atoms with Crippen LogP contribution in [-0.2, 0) is 0 Å². The molecule has 1 aromatic carbocycles. The molecule has 0 unspecified atom stereocenters. The highest BCUT2D eigenvalue weighted by Crippen LogP contribution is 2.25. The third-order valence-corrected chi connectivity index (χ3v) is 2.75. The van der Waals surface area contributed by atoms with Gasteiger partial charge in [-0.15, -0.1) is 0 Å². The van der Waals surface area contributed by atoms with Gasteiger partial charge in [-0.1, -0.05) is 15.9 Å². The predicted molar refractivity (Wildman–Crippen MR) is 61.7 cm³/mol. The Hall–Kier alpha value is -0.670. The van der Waals surface area contributed by atoms with E-state index in [4.69, 9.17) is 11.6 Å². The minimum atomic E-state index is 0.306. The van der Waals surface area contributed by atoms with Crippen LogP contribution < -0.4 is 0 Å². The van der Waals surface area contributed by atoms with E-state index >= 15 is 0 Å². The first kappa shape index (κ1) is 9.87. The van der Waals surface area contributed by atoms with E-state index < -0.39 is 0 Å². The molecule has 0 atom stereocenters. The Balaban J connectivity index is 2.94. The second-order valence-corrected chi connectivity index (χ2v) is 4.45. The molecule has 0 amide bonds. The van der Waals surface area contributed by atoms with Crippen molar-refractivity contribution in [3.8, 4) is 0 Å². The van der Waals surface area contributed by atoms with Crippen LogP contribution in [0.5, 0.6) is 0 Å². The Morgan fingerprint density at radius 3 is 2.64 bits per heavy atom. The van der Waals surface area contributed by atoms with E-state index in [0.717, 1.165) is 26.6 Å². The summed E-state index contributed by atoms with van der Waals surface area (Å²) < 4.78 is 1.04. The van der Waals surface area contributed by atoms with Gasteiger partial charge in [0.15, 0.2) is 0 Å². The summed E-state index contributed by atoms with van der Waals surface area (Å²) in [6, 6.07) is 4.03. The van der Waals surface area contributed by atoms with E-state index in [1.165, 1.54) is 0 Å². The van der Waals surface area contributed by atoms with Crippen LogP contribution in [0.3, 0.4) is 0 Å². The van der Waals surface area contributed by atoms with Crippen LogP contribution in [-0.4, -0.2) is 9.97 Å². The van der Waals surface area contributed by atoms with Crippen molar-refractivity contribution in [2.75, 3.05) is 0 Å². The number of hydrogen-bond acceptors (Lipinski definition) is 2. The fourth-order valence-electron chi connectivity index (χ4n) is 1.48. The van der Waals surface area contributed by atoms with Gasteiger partial charge in [0.05, 0.1) is 11.2 Å². The summed E-state index contributed by atoms with van der Waals surface area (Å²) in [5.74, 6) is 0. The van der Waals surface area contributed by atoms with Crippen molar-refractivity contribution in [2.45, 2.75) is 13.8 Å². The number of halogens is 2. The molecule has 1 aromatic heterocycles. The van der Waals surface area contributed by atoms with Gasteiger partial charge in [0.25, 0.3) is 0 Å². The van der Waals surface area contributed by atoms with Crippen LogP contribution in [0.4, 0.5) is 0 Å². The van der Waals surface area contributed by atoms with Crippen molar-refractivity contribution < 1.29 is 0 Å². The second-order valence-electron chi connectivity index (χ2n) is 3.20. The molecule has 0 saturated carbocycles. The molecule has 4 heteroatoms. The predicted octanol–water partition coefficient (Wildman–Crippen LogP) is 3.66. The van der Waals surface area contributed by atoms with E-state index in [1.54, 1.807) is 0 Å². The fourth-order valence-corrected chi connectivity index (χ4v) is 2.26. The topological polar surface area (TPSA) is 25.8 Å². The fraction of sp³-hybridized carbons (Fsp3) is 0.200. The molecule has 0 aliphatic heterocycles. The first-order valence-electron chi connectivity index (χ1n) is 4.18. The zero-order valence-corrected chi connectivity index (χ0v) is 10.1. The van der Waals surface area contributed by atoms with E-state index in [9.17, 15) is 0 Å². The lowest BCUT2D eigenvalue weighted by Crippen LogP contribution is -1.92. The first-order valence-corrected chi connectivity index (χ1v) is 5.35. The monoisotopic (exact) mass is 270 g/mol. The highest BCUT2D eigenvalue weighted by atomic mass is 79.9. The number of fused-ring (bicyclic) bond motifs is 1.